The second-order valence-corrected chi connectivity index (χ2v) is 11.2. The lowest BCUT2D eigenvalue weighted by Crippen LogP contribution is -2.50. The van der Waals surface area contributed by atoms with E-state index in [-0.39, 0.29) is 0 Å². The van der Waals surface area contributed by atoms with Crippen molar-refractivity contribution in [2.24, 2.45) is 28.9 Å². The van der Waals surface area contributed by atoms with E-state index in [4.69, 9.17) is 10.8 Å². The molecule has 1 amide bonds. The van der Waals surface area contributed by atoms with Gasteiger partial charge in [0.15, 0.2) is 0 Å². The SMILES string of the molecule is CC1(C)C2CC(C/C=C\CCCC(=O)O)CC1C2.NC(=O)c1ccc(Sc2ccccc2)cc1. The summed E-state index contributed by atoms with van der Waals surface area (Å²) in [6.07, 6.45) is 11.9. The van der Waals surface area contributed by atoms with Crippen molar-refractivity contribution in [2.75, 3.05) is 0 Å². The molecule has 34 heavy (non-hydrogen) atoms. The minimum Gasteiger partial charge on any atom is -0.481 e. The van der Waals surface area contributed by atoms with Crippen LogP contribution in [0.25, 0.3) is 0 Å². The smallest absolute Gasteiger partial charge is 0.303 e. The van der Waals surface area contributed by atoms with Gasteiger partial charge in [0.1, 0.15) is 0 Å². The van der Waals surface area contributed by atoms with Crippen LogP contribution in [0.5, 0.6) is 0 Å². The molecule has 2 unspecified atom stereocenters. The van der Waals surface area contributed by atoms with Crippen LogP contribution < -0.4 is 5.73 Å². The highest BCUT2D eigenvalue weighted by atomic mass is 32.2. The Balaban J connectivity index is 0.000000192. The maximum absolute atomic E-state index is 10.9. The lowest BCUT2D eigenvalue weighted by atomic mass is 9.46. The molecule has 0 spiro atoms. The topological polar surface area (TPSA) is 80.4 Å². The number of benzene rings is 2. The molecule has 2 bridgehead atoms. The van der Waals surface area contributed by atoms with E-state index in [0.29, 0.717) is 17.4 Å². The van der Waals surface area contributed by atoms with Gasteiger partial charge in [-0.05, 0) is 98.1 Å². The van der Waals surface area contributed by atoms with Gasteiger partial charge in [-0.1, -0.05) is 56.0 Å². The average molecular weight is 480 g/mol. The Hall–Kier alpha value is -2.53. The van der Waals surface area contributed by atoms with Crippen LogP contribution in [0, 0.1) is 23.2 Å². The Morgan fingerprint density at radius 3 is 2.15 bits per heavy atom. The van der Waals surface area contributed by atoms with E-state index in [1.807, 2.05) is 42.5 Å². The molecule has 0 radical (unpaired) electrons. The molecule has 2 aromatic carbocycles. The van der Waals surface area contributed by atoms with Gasteiger partial charge in [0.25, 0.3) is 0 Å². The number of rotatable bonds is 9. The lowest BCUT2D eigenvalue weighted by Gasteiger charge is -2.59. The Bertz CT molecular complexity index is 955. The third-order valence-corrected chi connectivity index (χ3v) is 8.44. The van der Waals surface area contributed by atoms with Crippen molar-refractivity contribution >= 4 is 23.6 Å². The monoisotopic (exact) mass is 479 g/mol. The summed E-state index contributed by atoms with van der Waals surface area (Å²) in [5, 5.41) is 8.53. The Morgan fingerprint density at radius 2 is 1.59 bits per heavy atom. The van der Waals surface area contributed by atoms with E-state index < -0.39 is 11.9 Å². The van der Waals surface area contributed by atoms with E-state index in [1.54, 1.807) is 23.9 Å². The van der Waals surface area contributed by atoms with Crippen molar-refractivity contribution in [3.05, 3.63) is 72.3 Å². The maximum Gasteiger partial charge on any atom is 0.303 e. The van der Waals surface area contributed by atoms with Crippen molar-refractivity contribution in [2.45, 2.75) is 68.6 Å². The Labute approximate surface area is 208 Å². The number of carboxylic acids is 1. The van der Waals surface area contributed by atoms with Crippen LogP contribution in [-0.2, 0) is 4.79 Å². The fraction of sp³-hybridized carbons (Fsp3) is 0.448. The Morgan fingerprint density at radius 1 is 0.971 bits per heavy atom. The average Bonchev–Trinajstić information content (AvgIpc) is 2.82. The third-order valence-electron chi connectivity index (χ3n) is 7.42. The first kappa shape index (κ1) is 26.1. The molecule has 0 saturated heterocycles. The summed E-state index contributed by atoms with van der Waals surface area (Å²) in [5.41, 5.74) is 6.32. The molecule has 3 aliphatic carbocycles. The number of allylic oxidation sites excluding steroid dienone is 2. The van der Waals surface area contributed by atoms with Crippen LogP contribution in [0.4, 0.5) is 0 Å². The quantitative estimate of drug-likeness (QED) is 0.294. The zero-order valence-corrected chi connectivity index (χ0v) is 21.1. The molecule has 5 rings (SSSR count). The second-order valence-electron chi connectivity index (χ2n) is 10.1. The highest BCUT2D eigenvalue weighted by molar-refractivity contribution is 7.99. The molecule has 3 aliphatic rings. The molecule has 2 aromatic rings. The normalized spacial score (nSPS) is 22.4. The molecular formula is C29H37NO3S. The number of hydrogen-bond donors (Lipinski definition) is 2. The number of carbonyl (C=O) groups is 2. The van der Waals surface area contributed by atoms with Gasteiger partial charge in [-0.2, -0.15) is 0 Å². The number of hydrogen-bond acceptors (Lipinski definition) is 3. The number of carboxylic acid groups (broad SMARTS) is 1. The van der Waals surface area contributed by atoms with E-state index in [0.717, 1.165) is 35.5 Å². The van der Waals surface area contributed by atoms with Crippen molar-refractivity contribution < 1.29 is 14.7 Å². The molecular weight excluding hydrogens is 442 g/mol. The highest BCUT2D eigenvalue weighted by Crippen LogP contribution is 2.61. The summed E-state index contributed by atoms with van der Waals surface area (Å²) >= 11 is 1.66. The fourth-order valence-electron chi connectivity index (χ4n) is 5.11. The number of amides is 1. The molecule has 3 N–H and O–H groups in total. The summed E-state index contributed by atoms with van der Waals surface area (Å²) in [6.45, 7) is 4.87. The van der Waals surface area contributed by atoms with E-state index >= 15 is 0 Å². The van der Waals surface area contributed by atoms with Crippen molar-refractivity contribution in [1.82, 2.24) is 0 Å². The Kier molecular flexibility index (Phi) is 9.40. The molecule has 2 atom stereocenters. The van der Waals surface area contributed by atoms with Gasteiger partial charge >= 0.3 is 5.97 Å². The minimum atomic E-state index is -0.682. The van der Waals surface area contributed by atoms with Gasteiger partial charge < -0.3 is 10.8 Å². The zero-order chi connectivity index (χ0) is 24.6. The maximum atomic E-state index is 10.9. The van der Waals surface area contributed by atoms with Gasteiger partial charge in [0.05, 0.1) is 0 Å². The van der Waals surface area contributed by atoms with Crippen LogP contribution in [0.1, 0.15) is 69.2 Å². The summed E-state index contributed by atoms with van der Waals surface area (Å²) in [5.74, 6) is 1.73. The molecule has 4 nitrogen and oxygen atoms in total. The van der Waals surface area contributed by atoms with Gasteiger partial charge in [-0.25, -0.2) is 0 Å². The number of aliphatic carboxylic acids is 1. The molecule has 0 aliphatic heterocycles. The van der Waals surface area contributed by atoms with Gasteiger partial charge in [0.2, 0.25) is 5.91 Å². The molecule has 182 valence electrons. The van der Waals surface area contributed by atoms with Crippen LogP contribution in [0.3, 0.4) is 0 Å². The van der Waals surface area contributed by atoms with Crippen LogP contribution >= 0.6 is 11.8 Å². The number of nitrogens with two attached hydrogens (primary N) is 1. The summed E-state index contributed by atoms with van der Waals surface area (Å²) in [4.78, 5) is 23.5. The van der Waals surface area contributed by atoms with Crippen molar-refractivity contribution in [3.8, 4) is 0 Å². The number of fused-ring (bicyclic) bond motifs is 2. The van der Waals surface area contributed by atoms with Gasteiger partial charge in [-0.15, -0.1) is 0 Å². The number of unbranched alkanes of at least 4 members (excludes halogenated alkanes) is 1. The first-order valence-electron chi connectivity index (χ1n) is 12.2. The highest BCUT2D eigenvalue weighted by Gasteiger charge is 2.52. The van der Waals surface area contributed by atoms with Crippen LogP contribution in [-0.4, -0.2) is 17.0 Å². The fourth-order valence-corrected chi connectivity index (χ4v) is 5.94. The largest absolute Gasteiger partial charge is 0.481 e. The third kappa shape index (κ3) is 7.49. The van der Waals surface area contributed by atoms with Crippen molar-refractivity contribution in [3.63, 3.8) is 0 Å². The summed E-state index contributed by atoms with van der Waals surface area (Å²) in [7, 11) is 0. The van der Waals surface area contributed by atoms with E-state index in [9.17, 15) is 9.59 Å². The molecule has 3 saturated carbocycles. The molecule has 0 heterocycles. The summed E-state index contributed by atoms with van der Waals surface area (Å²) < 4.78 is 0. The second kappa shape index (κ2) is 12.3. The van der Waals surface area contributed by atoms with E-state index in [2.05, 4.69) is 26.0 Å². The number of carbonyl (C=O) groups excluding carboxylic acids is 1. The molecule has 5 heteroatoms. The minimum absolute atomic E-state index is 0.298. The van der Waals surface area contributed by atoms with Gasteiger partial charge in [-0.3, -0.25) is 9.59 Å². The molecule has 0 aromatic heterocycles. The first-order chi connectivity index (χ1) is 16.3. The first-order valence-corrected chi connectivity index (χ1v) is 13.1. The molecule has 3 fully saturated rings. The zero-order valence-electron chi connectivity index (χ0n) is 20.3. The predicted molar refractivity (Wildman–Crippen MR) is 139 cm³/mol. The van der Waals surface area contributed by atoms with Gasteiger partial charge in [0, 0.05) is 21.8 Å². The number of primary amides is 1. The predicted octanol–water partition coefficient (Wildman–Crippen LogP) is 7.20. The van der Waals surface area contributed by atoms with Crippen LogP contribution in [0.2, 0.25) is 0 Å². The van der Waals surface area contributed by atoms with E-state index in [1.165, 1.54) is 30.6 Å². The summed E-state index contributed by atoms with van der Waals surface area (Å²) in [6, 6.07) is 17.4. The van der Waals surface area contributed by atoms with Crippen molar-refractivity contribution in [1.29, 1.82) is 0 Å². The lowest BCUT2D eigenvalue weighted by molar-refractivity contribution is -0.137. The standard InChI is InChI=1S/C16H26O2.C13H11NOS/c1-16(2)13-9-12(10-14(16)11-13)7-5-3-4-6-8-15(17)18;14-13(15)10-6-8-12(9-7-10)16-11-4-2-1-3-5-11/h3,5,12-14H,4,6-11H2,1-2H3,(H,17,18);1-9H,(H2,14,15)/b5-3-;. The van der Waals surface area contributed by atoms with Crippen LogP contribution in [0.15, 0.2) is 76.5 Å².